The molecule has 1 N–H and O–H groups in total. The van der Waals surface area contributed by atoms with E-state index in [4.69, 9.17) is 4.74 Å². The number of pyridine rings is 1. The largest absolute Gasteiger partial charge is 0.489 e. The van der Waals surface area contributed by atoms with E-state index in [2.05, 4.69) is 23.3 Å². The second-order valence-corrected chi connectivity index (χ2v) is 3.87. The molecule has 0 aromatic carbocycles. The van der Waals surface area contributed by atoms with Crippen molar-refractivity contribution >= 4 is 0 Å². The first-order valence-electron chi connectivity index (χ1n) is 5.46. The van der Waals surface area contributed by atoms with Gasteiger partial charge in [0.2, 0.25) is 0 Å². The van der Waals surface area contributed by atoms with Crippen molar-refractivity contribution < 1.29 is 4.74 Å². The molecule has 0 aliphatic carbocycles. The highest BCUT2D eigenvalue weighted by atomic mass is 16.5. The summed E-state index contributed by atoms with van der Waals surface area (Å²) in [6, 6.07) is 2.41. The van der Waals surface area contributed by atoms with Crippen molar-refractivity contribution in [3.63, 3.8) is 0 Å². The Bertz CT molecular complexity index is 295. The zero-order valence-corrected chi connectivity index (χ0v) is 9.95. The molecule has 0 fully saturated rings. The molecule has 3 nitrogen and oxygen atoms in total. The summed E-state index contributed by atoms with van der Waals surface area (Å²) < 4.78 is 5.60. The van der Waals surface area contributed by atoms with Crippen molar-refractivity contribution in [1.29, 1.82) is 0 Å². The lowest BCUT2D eigenvalue weighted by atomic mass is 10.1. The summed E-state index contributed by atoms with van der Waals surface area (Å²) in [5.41, 5.74) is 1.18. The monoisotopic (exact) mass is 208 g/mol. The fraction of sp³-hybridized carbons (Fsp3) is 0.583. The number of ether oxygens (including phenoxy) is 1. The molecule has 0 aliphatic rings. The summed E-state index contributed by atoms with van der Waals surface area (Å²) in [5, 5.41) is 3.25. The fourth-order valence-electron chi connectivity index (χ4n) is 1.57. The maximum atomic E-state index is 5.60. The smallest absolute Gasteiger partial charge is 0.138 e. The molecule has 84 valence electrons. The van der Waals surface area contributed by atoms with E-state index in [0.29, 0.717) is 6.04 Å². The quantitative estimate of drug-likeness (QED) is 0.807. The van der Waals surface area contributed by atoms with E-state index in [1.165, 1.54) is 5.56 Å². The Morgan fingerprint density at radius 2 is 2.13 bits per heavy atom. The van der Waals surface area contributed by atoms with Gasteiger partial charge in [-0.05, 0) is 38.9 Å². The molecular formula is C12H20N2O. The van der Waals surface area contributed by atoms with Gasteiger partial charge in [-0.3, -0.25) is 4.98 Å². The van der Waals surface area contributed by atoms with Crippen molar-refractivity contribution in [2.45, 2.75) is 39.3 Å². The Morgan fingerprint density at radius 1 is 1.40 bits per heavy atom. The van der Waals surface area contributed by atoms with E-state index in [1.54, 1.807) is 6.20 Å². The lowest BCUT2D eigenvalue weighted by Crippen LogP contribution is -2.15. The average Bonchev–Trinajstić information content (AvgIpc) is 2.19. The van der Waals surface area contributed by atoms with Crippen LogP contribution >= 0.6 is 0 Å². The minimum absolute atomic E-state index is 0.191. The molecule has 0 aliphatic heterocycles. The van der Waals surface area contributed by atoms with Crippen LogP contribution in [0.4, 0.5) is 0 Å². The van der Waals surface area contributed by atoms with E-state index in [0.717, 1.165) is 12.2 Å². The Morgan fingerprint density at radius 3 is 2.67 bits per heavy atom. The maximum Gasteiger partial charge on any atom is 0.138 e. The van der Waals surface area contributed by atoms with Crippen LogP contribution in [0.2, 0.25) is 0 Å². The highest BCUT2D eigenvalue weighted by Gasteiger charge is 2.08. The van der Waals surface area contributed by atoms with Crippen molar-refractivity contribution in [3.05, 3.63) is 24.0 Å². The molecule has 0 spiro atoms. The standard InChI is InChI=1S/C12H20N2O/c1-5-12(13-4)10-6-11(8-14-7-10)15-9(2)3/h6-9,12-13H,5H2,1-4H3. The number of aromatic nitrogens is 1. The topological polar surface area (TPSA) is 34.2 Å². The number of nitrogens with one attached hydrogen (secondary N) is 1. The molecule has 0 saturated heterocycles. The summed E-state index contributed by atoms with van der Waals surface area (Å²) in [6.45, 7) is 6.18. The average molecular weight is 208 g/mol. The van der Waals surface area contributed by atoms with Gasteiger partial charge in [0.15, 0.2) is 0 Å². The Kier molecular flexibility index (Phi) is 4.56. The first kappa shape index (κ1) is 12.0. The van der Waals surface area contributed by atoms with Gasteiger partial charge in [-0.15, -0.1) is 0 Å². The van der Waals surface area contributed by atoms with Gasteiger partial charge in [0.05, 0.1) is 12.3 Å². The Hall–Kier alpha value is -1.09. The summed E-state index contributed by atoms with van der Waals surface area (Å²) in [5.74, 6) is 0.844. The molecule has 1 aromatic rings. The molecule has 0 amide bonds. The van der Waals surface area contributed by atoms with Crippen molar-refractivity contribution in [2.75, 3.05) is 7.05 Å². The predicted molar refractivity (Wildman–Crippen MR) is 62.1 cm³/mol. The molecule has 0 radical (unpaired) electrons. The van der Waals surface area contributed by atoms with E-state index in [1.807, 2.05) is 27.1 Å². The third-order valence-electron chi connectivity index (χ3n) is 2.27. The van der Waals surface area contributed by atoms with E-state index in [9.17, 15) is 0 Å². The van der Waals surface area contributed by atoms with E-state index in [-0.39, 0.29) is 6.10 Å². The summed E-state index contributed by atoms with van der Waals surface area (Å²) in [6.07, 6.45) is 4.88. The number of nitrogens with zero attached hydrogens (tertiary/aromatic N) is 1. The van der Waals surface area contributed by atoms with Crippen LogP contribution in [0.15, 0.2) is 18.5 Å². The fourth-order valence-corrected chi connectivity index (χ4v) is 1.57. The van der Waals surface area contributed by atoms with E-state index < -0.39 is 0 Å². The number of rotatable bonds is 5. The predicted octanol–water partition coefficient (Wildman–Crippen LogP) is 2.54. The van der Waals surface area contributed by atoms with Gasteiger partial charge in [-0.2, -0.15) is 0 Å². The molecular weight excluding hydrogens is 188 g/mol. The highest BCUT2D eigenvalue weighted by Crippen LogP contribution is 2.20. The van der Waals surface area contributed by atoms with Gasteiger partial charge in [0.25, 0.3) is 0 Å². The molecule has 15 heavy (non-hydrogen) atoms. The van der Waals surface area contributed by atoms with Crippen LogP contribution in [-0.4, -0.2) is 18.1 Å². The van der Waals surface area contributed by atoms with Crippen molar-refractivity contribution in [1.82, 2.24) is 10.3 Å². The van der Waals surface area contributed by atoms with Crippen LogP contribution in [0, 0.1) is 0 Å². The van der Waals surface area contributed by atoms with Crippen LogP contribution < -0.4 is 10.1 Å². The Labute approximate surface area is 91.9 Å². The van der Waals surface area contributed by atoms with Gasteiger partial charge < -0.3 is 10.1 Å². The van der Waals surface area contributed by atoms with Gasteiger partial charge in [0, 0.05) is 12.2 Å². The van der Waals surface area contributed by atoms with Gasteiger partial charge >= 0.3 is 0 Å². The highest BCUT2D eigenvalue weighted by molar-refractivity contribution is 5.26. The lowest BCUT2D eigenvalue weighted by molar-refractivity contribution is 0.241. The van der Waals surface area contributed by atoms with Crippen LogP contribution in [-0.2, 0) is 0 Å². The van der Waals surface area contributed by atoms with Gasteiger partial charge in [0.1, 0.15) is 5.75 Å². The van der Waals surface area contributed by atoms with Crippen molar-refractivity contribution in [2.24, 2.45) is 0 Å². The number of hydrogen-bond donors (Lipinski definition) is 1. The van der Waals surface area contributed by atoms with Crippen LogP contribution in [0.3, 0.4) is 0 Å². The second-order valence-electron chi connectivity index (χ2n) is 3.87. The third-order valence-corrected chi connectivity index (χ3v) is 2.27. The summed E-state index contributed by atoms with van der Waals surface area (Å²) in [7, 11) is 1.96. The first-order chi connectivity index (χ1) is 7.17. The van der Waals surface area contributed by atoms with Crippen LogP contribution in [0.25, 0.3) is 0 Å². The summed E-state index contributed by atoms with van der Waals surface area (Å²) in [4.78, 5) is 4.19. The molecule has 1 atom stereocenters. The van der Waals surface area contributed by atoms with Gasteiger partial charge in [-0.25, -0.2) is 0 Å². The molecule has 1 unspecified atom stereocenters. The molecule has 3 heteroatoms. The molecule has 1 heterocycles. The SMILES string of the molecule is CCC(NC)c1cncc(OC(C)C)c1. The van der Waals surface area contributed by atoms with Gasteiger partial charge in [-0.1, -0.05) is 6.92 Å². The molecule has 0 saturated carbocycles. The van der Waals surface area contributed by atoms with Crippen LogP contribution in [0.1, 0.15) is 38.8 Å². The minimum Gasteiger partial charge on any atom is -0.489 e. The molecule has 1 rings (SSSR count). The first-order valence-corrected chi connectivity index (χ1v) is 5.46. The zero-order chi connectivity index (χ0) is 11.3. The molecule has 1 aromatic heterocycles. The third kappa shape index (κ3) is 3.51. The normalized spacial score (nSPS) is 12.9. The minimum atomic E-state index is 0.191. The van der Waals surface area contributed by atoms with Crippen molar-refractivity contribution in [3.8, 4) is 5.75 Å². The zero-order valence-electron chi connectivity index (χ0n) is 9.95. The number of hydrogen-bond acceptors (Lipinski definition) is 3. The lowest BCUT2D eigenvalue weighted by Gasteiger charge is -2.15. The maximum absolute atomic E-state index is 5.60. The Balaban J connectivity index is 2.81. The second kappa shape index (κ2) is 5.71. The van der Waals surface area contributed by atoms with Crippen LogP contribution in [0.5, 0.6) is 5.75 Å². The molecule has 0 bridgehead atoms. The summed E-state index contributed by atoms with van der Waals surface area (Å²) >= 11 is 0. The van der Waals surface area contributed by atoms with E-state index >= 15 is 0 Å².